The first-order chi connectivity index (χ1) is 9.69. The molecule has 3 nitrogen and oxygen atoms in total. The van der Waals surface area contributed by atoms with Gasteiger partial charge in [0.15, 0.2) is 0 Å². The van der Waals surface area contributed by atoms with Crippen LogP contribution in [0.25, 0.3) is 0 Å². The molecular formula is C16H24N2OS. The van der Waals surface area contributed by atoms with Gasteiger partial charge in [0.1, 0.15) is 0 Å². The van der Waals surface area contributed by atoms with E-state index in [2.05, 4.69) is 36.5 Å². The Morgan fingerprint density at radius 1 is 1.45 bits per heavy atom. The molecule has 20 heavy (non-hydrogen) atoms. The van der Waals surface area contributed by atoms with E-state index < -0.39 is 0 Å². The lowest BCUT2D eigenvalue weighted by Crippen LogP contribution is -2.40. The number of thioether (sulfide) groups is 1. The van der Waals surface area contributed by atoms with Gasteiger partial charge < -0.3 is 11.1 Å². The van der Waals surface area contributed by atoms with Crippen LogP contribution in [0.2, 0.25) is 0 Å². The molecule has 2 atom stereocenters. The molecule has 2 rings (SSSR count). The van der Waals surface area contributed by atoms with Crippen LogP contribution in [0.5, 0.6) is 0 Å². The first-order valence-corrected chi connectivity index (χ1v) is 8.47. The predicted octanol–water partition coefficient (Wildman–Crippen LogP) is 2.47. The first-order valence-electron chi connectivity index (χ1n) is 7.31. The maximum atomic E-state index is 11.9. The maximum Gasteiger partial charge on any atom is 0.230 e. The molecule has 1 aliphatic rings. The SMILES string of the molecule is Cc1cccc(CSCC(=O)NC2CCCC2CN)c1. The third-order valence-electron chi connectivity index (χ3n) is 3.89. The number of hydrogen-bond acceptors (Lipinski definition) is 3. The second-order valence-corrected chi connectivity index (χ2v) is 6.57. The number of nitrogens with one attached hydrogen (secondary N) is 1. The number of nitrogens with two attached hydrogens (primary N) is 1. The number of hydrogen-bond donors (Lipinski definition) is 2. The van der Waals surface area contributed by atoms with Gasteiger partial charge in [-0.25, -0.2) is 0 Å². The summed E-state index contributed by atoms with van der Waals surface area (Å²) in [6, 6.07) is 8.74. The van der Waals surface area contributed by atoms with Gasteiger partial charge in [0.25, 0.3) is 0 Å². The largest absolute Gasteiger partial charge is 0.352 e. The first kappa shape index (κ1) is 15.4. The van der Waals surface area contributed by atoms with Crippen LogP contribution in [0.15, 0.2) is 24.3 Å². The van der Waals surface area contributed by atoms with E-state index in [-0.39, 0.29) is 5.91 Å². The van der Waals surface area contributed by atoms with Crippen molar-refractivity contribution in [3.63, 3.8) is 0 Å². The fraction of sp³-hybridized carbons (Fsp3) is 0.562. The van der Waals surface area contributed by atoms with Crippen molar-refractivity contribution in [3.8, 4) is 0 Å². The fourth-order valence-electron chi connectivity index (χ4n) is 2.82. The summed E-state index contributed by atoms with van der Waals surface area (Å²) in [6.07, 6.45) is 3.41. The summed E-state index contributed by atoms with van der Waals surface area (Å²) < 4.78 is 0. The van der Waals surface area contributed by atoms with E-state index in [0.717, 1.165) is 18.6 Å². The summed E-state index contributed by atoms with van der Waals surface area (Å²) in [6.45, 7) is 2.77. The van der Waals surface area contributed by atoms with Crippen molar-refractivity contribution in [1.82, 2.24) is 5.32 Å². The lowest BCUT2D eigenvalue weighted by Gasteiger charge is -2.19. The van der Waals surface area contributed by atoms with Crippen molar-refractivity contribution in [1.29, 1.82) is 0 Å². The highest BCUT2D eigenvalue weighted by Crippen LogP contribution is 2.24. The fourth-order valence-corrected chi connectivity index (χ4v) is 3.61. The molecule has 1 aromatic carbocycles. The molecule has 0 spiro atoms. The second-order valence-electron chi connectivity index (χ2n) is 5.58. The average molecular weight is 292 g/mol. The molecule has 1 saturated carbocycles. The monoisotopic (exact) mass is 292 g/mol. The van der Waals surface area contributed by atoms with Crippen LogP contribution < -0.4 is 11.1 Å². The summed E-state index contributed by atoms with van der Waals surface area (Å²) in [5.74, 6) is 2.04. The number of amides is 1. The van der Waals surface area contributed by atoms with Crippen LogP contribution in [0.3, 0.4) is 0 Å². The molecule has 0 bridgehead atoms. The standard InChI is InChI=1S/C16H24N2OS/c1-12-4-2-5-13(8-12)10-20-11-16(19)18-15-7-3-6-14(15)9-17/h2,4-5,8,14-15H,3,6-7,9-11,17H2,1H3,(H,18,19). The lowest BCUT2D eigenvalue weighted by atomic mass is 10.0. The molecule has 4 heteroatoms. The summed E-state index contributed by atoms with van der Waals surface area (Å²) >= 11 is 1.67. The smallest absolute Gasteiger partial charge is 0.230 e. The number of benzene rings is 1. The van der Waals surface area contributed by atoms with Gasteiger partial charge in [-0.3, -0.25) is 4.79 Å². The molecule has 0 aliphatic heterocycles. The molecule has 110 valence electrons. The Morgan fingerprint density at radius 3 is 3.05 bits per heavy atom. The van der Waals surface area contributed by atoms with Crippen molar-refractivity contribution in [3.05, 3.63) is 35.4 Å². The van der Waals surface area contributed by atoms with Crippen molar-refractivity contribution >= 4 is 17.7 Å². The van der Waals surface area contributed by atoms with Crippen LogP contribution in [-0.2, 0) is 10.5 Å². The normalized spacial score (nSPS) is 21.9. The molecule has 0 saturated heterocycles. The summed E-state index contributed by atoms with van der Waals surface area (Å²) in [7, 11) is 0. The third-order valence-corrected chi connectivity index (χ3v) is 4.90. The van der Waals surface area contributed by atoms with Crippen LogP contribution in [0, 0.1) is 12.8 Å². The van der Waals surface area contributed by atoms with Gasteiger partial charge in [-0.1, -0.05) is 36.2 Å². The predicted molar refractivity (Wildman–Crippen MR) is 85.7 cm³/mol. The van der Waals surface area contributed by atoms with Crippen molar-refractivity contribution in [2.75, 3.05) is 12.3 Å². The van der Waals surface area contributed by atoms with Gasteiger partial charge in [-0.2, -0.15) is 0 Å². The number of aryl methyl sites for hydroxylation is 1. The van der Waals surface area contributed by atoms with Crippen molar-refractivity contribution in [2.24, 2.45) is 11.7 Å². The van der Waals surface area contributed by atoms with E-state index in [1.54, 1.807) is 11.8 Å². The Balaban J connectivity index is 1.70. The molecule has 1 amide bonds. The minimum Gasteiger partial charge on any atom is -0.352 e. The van der Waals surface area contributed by atoms with Gasteiger partial charge in [0, 0.05) is 11.8 Å². The van der Waals surface area contributed by atoms with E-state index in [0.29, 0.717) is 24.3 Å². The molecule has 0 heterocycles. The zero-order valence-electron chi connectivity index (χ0n) is 12.1. The molecule has 1 fully saturated rings. The van der Waals surface area contributed by atoms with Crippen LogP contribution in [0.1, 0.15) is 30.4 Å². The van der Waals surface area contributed by atoms with Gasteiger partial charge >= 0.3 is 0 Å². The Morgan fingerprint density at radius 2 is 2.30 bits per heavy atom. The minimum absolute atomic E-state index is 0.146. The Labute approximate surface area is 125 Å². The molecule has 1 aliphatic carbocycles. The number of carbonyl (C=O) groups is 1. The van der Waals surface area contributed by atoms with Crippen molar-refractivity contribution in [2.45, 2.75) is 38.0 Å². The molecule has 0 aromatic heterocycles. The topological polar surface area (TPSA) is 55.1 Å². The van der Waals surface area contributed by atoms with E-state index in [9.17, 15) is 4.79 Å². The van der Waals surface area contributed by atoms with E-state index in [1.165, 1.54) is 17.5 Å². The number of carbonyl (C=O) groups excluding carboxylic acids is 1. The lowest BCUT2D eigenvalue weighted by molar-refractivity contribution is -0.119. The molecule has 2 unspecified atom stereocenters. The summed E-state index contributed by atoms with van der Waals surface area (Å²) in [5, 5.41) is 3.14. The van der Waals surface area contributed by atoms with Crippen LogP contribution in [0.4, 0.5) is 0 Å². The quantitative estimate of drug-likeness (QED) is 0.847. The summed E-state index contributed by atoms with van der Waals surface area (Å²) in [4.78, 5) is 11.9. The van der Waals surface area contributed by atoms with E-state index in [4.69, 9.17) is 5.73 Å². The number of rotatable bonds is 6. The van der Waals surface area contributed by atoms with Crippen molar-refractivity contribution < 1.29 is 4.79 Å². The Kier molecular flexibility index (Phi) is 5.92. The average Bonchev–Trinajstić information content (AvgIpc) is 2.86. The third kappa shape index (κ3) is 4.53. The van der Waals surface area contributed by atoms with E-state index in [1.807, 2.05) is 0 Å². The molecule has 1 aromatic rings. The zero-order chi connectivity index (χ0) is 14.4. The second kappa shape index (κ2) is 7.70. The Bertz CT molecular complexity index is 450. The van der Waals surface area contributed by atoms with Gasteiger partial charge in [-0.15, -0.1) is 11.8 Å². The van der Waals surface area contributed by atoms with Gasteiger partial charge in [-0.05, 0) is 37.8 Å². The maximum absolute atomic E-state index is 11.9. The molecular weight excluding hydrogens is 268 g/mol. The van der Waals surface area contributed by atoms with Gasteiger partial charge in [0.05, 0.1) is 5.75 Å². The highest BCUT2D eigenvalue weighted by Gasteiger charge is 2.26. The van der Waals surface area contributed by atoms with Crippen LogP contribution in [-0.4, -0.2) is 24.2 Å². The highest BCUT2D eigenvalue weighted by molar-refractivity contribution is 7.99. The highest BCUT2D eigenvalue weighted by atomic mass is 32.2. The summed E-state index contributed by atoms with van der Waals surface area (Å²) in [5.41, 5.74) is 8.28. The minimum atomic E-state index is 0.146. The van der Waals surface area contributed by atoms with Gasteiger partial charge in [0.2, 0.25) is 5.91 Å². The molecule has 3 N–H and O–H groups in total. The molecule has 0 radical (unpaired) electrons. The zero-order valence-corrected chi connectivity index (χ0v) is 12.9. The van der Waals surface area contributed by atoms with E-state index >= 15 is 0 Å². The Hall–Kier alpha value is -1.00. The van der Waals surface area contributed by atoms with Crippen LogP contribution >= 0.6 is 11.8 Å².